The number of fused-ring (bicyclic) bond motifs is 1. The summed E-state index contributed by atoms with van der Waals surface area (Å²) in [6.45, 7) is 4.83. The average Bonchev–Trinajstić information content (AvgIpc) is 3.33. The Labute approximate surface area is 223 Å². The summed E-state index contributed by atoms with van der Waals surface area (Å²) >= 11 is 12.4. The summed E-state index contributed by atoms with van der Waals surface area (Å²) in [6.07, 6.45) is 2.45. The van der Waals surface area contributed by atoms with Crippen LogP contribution in [-0.2, 0) is 0 Å². The fraction of sp³-hybridized carbons (Fsp3) is 0.259. The third kappa shape index (κ3) is 4.84. The number of carbonyl (C=O) groups is 1. The highest BCUT2D eigenvalue weighted by molar-refractivity contribution is 6.36. The van der Waals surface area contributed by atoms with Gasteiger partial charge in [-0.3, -0.25) is 4.79 Å². The zero-order valence-corrected chi connectivity index (χ0v) is 21.8. The normalized spacial score (nSPS) is 15.2. The van der Waals surface area contributed by atoms with Gasteiger partial charge in [-0.05, 0) is 43.8 Å². The Morgan fingerprint density at radius 1 is 1.14 bits per heavy atom. The molecule has 0 bridgehead atoms. The summed E-state index contributed by atoms with van der Waals surface area (Å²) in [5.41, 5.74) is 9.04. The summed E-state index contributed by atoms with van der Waals surface area (Å²) in [7, 11) is 2.05. The summed E-state index contributed by atoms with van der Waals surface area (Å²) in [4.78, 5) is 21.2. The van der Waals surface area contributed by atoms with Gasteiger partial charge in [-0.1, -0.05) is 35.3 Å². The lowest BCUT2D eigenvalue weighted by atomic mass is 10.0. The van der Waals surface area contributed by atoms with Crippen LogP contribution in [0.1, 0.15) is 28.9 Å². The van der Waals surface area contributed by atoms with E-state index in [0.29, 0.717) is 35.2 Å². The van der Waals surface area contributed by atoms with Gasteiger partial charge in [0.2, 0.25) is 5.75 Å². The van der Waals surface area contributed by atoms with E-state index in [1.54, 1.807) is 19.4 Å². The third-order valence-electron chi connectivity index (χ3n) is 6.61. The molecule has 37 heavy (non-hydrogen) atoms. The van der Waals surface area contributed by atoms with Crippen molar-refractivity contribution in [3.8, 4) is 16.9 Å². The van der Waals surface area contributed by atoms with Gasteiger partial charge >= 0.3 is 0 Å². The Morgan fingerprint density at radius 2 is 1.84 bits per heavy atom. The minimum Gasteiger partial charge on any atom is -0.478 e. The molecule has 10 heteroatoms. The number of nitrogen functional groups attached to an aromatic ring is 1. The lowest BCUT2D eigenvalue weighted by Crippen LogP contribution is -2.47. The maximum atomic E-state index is 14.1. The molecule has 1 unspecified atom stereocenters. The highest BCUT2D eigenvalue weighted by Crippen LogP contribution is 2.41. The minimum absolute atomic E-state index is 0.0190. The van der Waals surface area contributed by atoms with Gasteiger partial charge in [0.1, 0.15) is 11.9 Å². The van der Waals surface area contributed by atoms with Crippen molar-refractivity contribution in [3.63, 3.8) is 0 Å². The summed E-state index contributed by atoms with van der Waals surface area (Å²) < 4.78 is 26.0. The van der Waals surface area contributed by atoms with Gasteiger partial charge in [-0.15, -0.1) is 0 Å². The third-order valence-corrected chi connectivity index (χ3v) is 7.33. The molecule has 2 N–H and O–H groups in total. The Hall–Kier alpha value is -3.33. The molecule has 1 atom stereocenters. The minimum atomic E-state index is -0.737. The Bertz CT molecular complexity index is 1470. The van der Waals surface area contributed by atoms with E-state index in [9.17, 15) is 9.18 Å². The number of amides is 1. The van der Waals surface area contributed by atoms with Crippen LogP contribution < -0.4 is 10.5 Å². The van der Waals surface area contributed by atoms with Gasteiger partial charge < -0.3 is 24.7 Å². The largest absolute Gasteiger partial charge is 0.478 e. The first-order chi connectivity index (χ1) is 17.7. The molecule has 0 saturated carbocycles. The van der Waals surface area contributed by atoms with E-state index in [2.05, 4.69) is 16.9 Å². The molecular weight excluding hydrogens is 518 g/mol. The number of furan rings is 1. The highest BCUT2D eigenvalue weighted by Gasteiger charge is 2.24. The molecule has 4 aromatic rings. The van der Waals surface area contributed by atoms with Crippen LogP contribution in [0.3, 0.4) is 0 Å². The lowest BCUT2D eigenvalue weighted by molar-refractivity contribution is 0.0664. The van der Waals surface area contributed by atoms with Crippen molar-refractivity contribution in [2.24, 2.45) is 0 Å². The molecule has 3 heterocycles. The number of nitrogens with two attached hydrogens (primary N) is 1. The average molecular weight is 543 g/mol. The van der Waals surface area contributed by atoms with Crippen molar-refractivity contribution in [2.75, 3.05) is 39.0 Å². The second-order valence-corrected chi connectivity index (χ2v) is 9.84. The van der Waals surface area contributed by atoms with Crippen molar-refractivity contribution in [2.45, 2.75) is 13.0 Å². The molecule has 1 fully saturated rings. The number of anilines is 1. The number of piperazine rings is 1. The fourth-order valence-corrected chi connectivity index (χ4v) is 5.13. The summed E-state index contributed by atoms with van der Waals surface area (Å²) in [6, 6.07) is 9.99. The Kier molecular flexibility index (Phi) is 6.98. The molecule has 0 aliphatic carbocycles. The highest BCUT2D eigenvalue weighted by atomic mass is 35.5. The van der Waals surface area contributed by atoms with E-state index >= 15 is 0 Å². The smallest absolute Gasteiger partial charge is 0.253 e. The molecule has 0 radical (unpaired) electrons. The second kappa shape index (κ2) is 10.2. The van der Waals surface area contributed by atoms with Crippen LogP contribution in [0, 0.1) is 5.82 Å². The molecule has 1 saturated heterocycles. The molecule has 1 aliphatic rings. The summed E-state index contributed by atoms with van der Waals surface area (Å²) in [5.74, 6) is -0.271. The number of hydrogen-bond acceptors (Lipinski definition) is 6. The monoisotopic (exact) mass is 542 g/mol. The molecule has 1 aliphatic heterocycles. The van der Waals surface area contributed by atoms with E-state index in [1.807, 2.05) is 29.2 Å². The first kappa shape index (κ1) is 25.3. The molecule has 7 nitrogen and oxygen atoms in total. The van der Waals surface area contributed by atoms with Crippen LogP contribution in [0.2, 0.25) is 10.0 Å². The number of nitrogens with zero attached hydrogens (tertiary/aromatic N) is 3. The quantitative estimate of drug-likeness (QED) is 0.309. The molecule has 1 amide bonds. The van der Waals surface area contributed by atoms with Crippen molar-refractivity contribution < 1.29 is 18.3 Å². The van der Waals surface area contributed by atoms with E-state index in [1.165, 1.54) is 12.1 Å². The van der Waals surface area contributed by atoms with Crippen LogP contribution in [0.15, 0.2) is 53.3 Å². The number of benzene rings is 2. The topological polar surface area (TPSA) is 84.8 Å². The number of rotatable bonds is 5. The number of pyridine rings is 1. The van der Waals surface area contributed by atoms with Gasteiger partial charge in [-0.25, -0.2) is 9.37 Å². The van der Waals surface area contributed by atoms with Gasteiger partial charge in [0, 0.05) is 54.1 Å². The SMILES string of the molecule is CC(Oc1c(N)ncc2c(-c3ccc(C(=O)N4CCN(C)CC4)cc3)coc12)c1c(Cl)ccc(F)c1Cl. The van der Waals surface area contributed by atoms with Crippen LogP contribution in [0.25, 0.3) is 22.1 Å². The van der Waals surface area contributed by atoms with Crippen molar-refractivity contribution >= 4 is 45.9 Å². The predicted octanol–water partition coefficient (Wildman–Crippen LogP) is 6.05. The maximum Gasteiger partial charge on any atom is 0.253 e. The second-order valence-electron chi connectivity index (χ2n) is 9.05. The van der Waals surface area contributed by atoms with Gasteiger partial charge in [-0.2, -0.15) is 0 Å². The molecule has 192 valence electrons. The van der Waals surface area contributed by atoms with Crippen molar-refractivity contribution in [1.82, 2.24) is 14.8 Å². The van der Waals surface area contributed by atoms with Crippen molar-refractivity contribution in [1.29, 1.82) is 0 Å². The van der Waals surface area contributed by atoms with Crippen LogP contribution >= 0.6 is 23.2 Å². The maximum absolute atomic E-state index is 14.1. The Balaban J connectivity index is 1.43. The number of ether oxygens (including phenoxy) is 1. The van der Waals surface area contributed by atoms with Crippen LogP contribution in [0.4, 0.5) is 10.2 Å². The van der Waals surface area contributed by atoms with Gasteiger partial charge in [0.05, 0.1) is 16.7 Å². The van der Waals surface area contributed by atoms with E-state index < -0.39 is 11.9 Å². The first-order valence-corrected chi connectivity index (χ1v) is 12.5. The number of halogens is 3. The molecule has 2 aromatic heterocycles. The Morgan fingerprint density at radius 3 is 2.54 bits per heavy atom. The fourth-order valence-electron chi connectivity index (χ4n) is 4.45. The first-order valence-electron chi connectivity index (χ1n) is 11.8. The number of hydrogen-bond donors (Lipinski definition) is 1. The lowest BCUT2D eigenvalue weighted by Gasteiger charge is -2.32. The number of carbonyl (C=O) groups excluding carboxylic acids is 1. The van der Waals surface area contributed by atoms with Crippen LogP contribution in [0.5, 0.6) is 5.75 Å². The van der Waals surface area contributed by atoms with Crippen LogP contribution in [-0.4, -0.2) is 53.9 Å². The van der Waals surface area contributed by atoms with Gasteiger partial charge in [0.15, 0.2) is 11.4 Å². The van der Waals surface area contributed by atoms with Crippen molar-refractivity contribution in [3.05, 3.63) is 75.8 Å². The number of likely N-dealkylation sites (N-methyl/N-ethyl adjacent to an activating group) is 1. The zero-order valence-electron chi connectivity index (χ0n) is 20.3. The van der Waals surface area contributed by atoms with E-state index in [0.717, 1.165) is 24.2 Å². The zero-order chi connectivity index (χ0) is 26.3. The van der Waals surface area contributed by atoms with E-state index in [4.69, 9.17) is 38.1 Å². The molecule has 0 spiro atoms. The number of aromatic nitrogens is 1. The predicted molar refractivity (Wildman–Crippen MR) is 143 cm³/mol. The van der Waals surface area contributed by atoms with Gasteiger partial charge in [0.25, 0.3) is 5.91 Å². The standard InChI is InChI=1S/C27H25Cl2FN4O3/c1-15(22-20(28)7-8-21(30)23(22)29)37-25-24-18(13-32-26(25)31)19(14-36-24)16-3-5-17(6-4-16)27(35)34-11-9-33(2)10-12-34/h3-8,13-15H,9-12H2,1-2H3,(H2,31,32). The molecule has 2 aromatic carbocycles. The summed E-state index contributed by atoms with van der Waals surface area (Å²) in [5, 5.41) is 0.819. The molecular formula is C27H25Cl2FN4O3. The molecule has 5 rings (SSSR count). The van der Waals surface area contributed by atoms with E-state index in [-0.39, 0.29) is 27.5 Å².